The summed E-state index contributed by atoms with van der Waals surface area (Å²) in [7, 11) is -0.811. The molecule has 0 aromatic heterocycles. The minimum absolute atomic E-state index is 0.0603. The molecule has 0 radical (unpaired) electrons. The quantitative estimate of drug-likeness (QED) is 0.460. The van der Waals surface area contributed by atoms with Gasteiger partial charge in [-0.3, -0.25) is 9.10 Å². The highest BCUT2D eigenvalue weighted by Gasteiger charge is 2.24. The van der Waals surface area contributed by atoms with Crippen molar-refractivity contribution in [2.45, 2.75) is 24.7 Å². The third-order valence-electron chi connectivity index (χ3n) is 5.22. The normalized spacial score (nSPS) is 11.1. The molecular formula is C25H28N2O4S. The second-order valence-electron chi connectivity index (χ2n) is 7.34. The number of benzene rings is 3. The van der Waals surface area contributed by atoms with Crippen molar-refractivity contribution >= 4 is 27.3 Å². The fourth-order valence-corrected chi connectivity index (χ4v) is 4.55. The standard InChI is InChI=1S/C25H28N2O4S/c1-4-5-18-27(22-11-7-6-8-12-22)25(28)20-10-9-13-24(19-20)32(29,30)26(2)21-14-16-23(31-3)17-15-21/h6-17,19H,4-5,18H2,1-3H3. The first kappa shape index (κ1) is 23.3. The van der Waals surface area contributed by atoms with Crippen LogP contribution in [0.15, 0.2) is 83.8 Å². The van der Waals surface area contributed by atoms with Gasteiger partial charge in [0, 0.05) is 24.8 Å². The first-order chi connectivity index (χ1) is 15.4. The number of hydrogen-bond donors (Lipinski definition) is 0. The van der Waals surface area contributed by atoms with E-state index < -0.39 is 10.0 Å². The van der Waals surface area contributed by atoms with Crippen LogP contribution in [0.2, 0.25) is 0 Å². The molecule has 3 aromatic carbocycles. The van der Waals surface area contributed by atoms with Crippen molar-refractivity contribution in [3.63, 3.8) is 0 Å². The summed E-state index contributed by atoms with van der Waals surface area (Å²) in [5, 5.41) is 0. The van der Waals surface area contributed by atoms with Gasteiger partial charge in [-0.1, -0.05) is 37.6 Å². The molecule has 3 aromatic rings. The lowest BCUT2D eigenvalue weighted by molar-refractivity contribution is 0.0986. The number of amides is 1. The zero-order valence-corrected chi connectivity index (χ0v) is 19.4. The molecule has 168 valence electrons. The SMILES string of the molecule is CCCCN(C(=O)c1cccc(S(=O)(=O)N(C)c2ccc(OC)cc2)c1)c1ccccc1. The Bertz CT molecular complexity index is 1150. The number of sulfonamides is 1. The fourth-order valence-electron chi connectivity index (χ4n) is 3.31. The highest BCUT2D eigenvalue weighted by Crippen LogP contribution is 2.26. The summed E-state index contributed by atoms with van der Waals surface area (Å²) >= 11 is 0. The Balaban J connectivity index is 1.92. The summed E-state index contributed by atoms with van der Waals surface area (Å²) in [6.45, 7) is 2.62. The van der Waals surface area contributed by atoms with Gasteiger partial charge in [0.05, 0.1) is 17.7 Å². The largest absolute Gasteiger partial charge is 0.497 e. The smallest absolute Gasteiger partial charge is 0.264 e. The van der Waals surface area contributed by atoms with Crippen LogP contribution in [0.1, 0.15) is 30.1 Å². The van der Waals surface area contributed by atoms with Crippen LogP contribution < -0.4 is 13.9 Å². The second-order valence-corrected chi connectivity index (χ2v) is 9.31. The van der Waals surface area contributed by atoms with Gasteiger partial charge >= 0.3 is 0 Å². The van der Waals surface area contributed by atoms with Crippen LogP contribution in [0.4, 0.5) is 11.4 Å². The average Bonchev–Trinajstić information content (AvgIpc) is 2.84. The van der Waals surface area contributed by atoms with E-state index in [0.29, 0.717) is 23.5 Å². The van der Waals surface area contributed by atoms with E-state index in [0.717, 1.165) is 18.5 Å². The van der Waals surface area contributed by atoms with Crippen molar-refractivity contribution in [1.82, 2.24) is 0 Å². The predicted molar refractivity (Wildman–Crippen MR) is 128 cm³/mol. The highest BCUT2D eigenvalue weighted by atomic mass is 32.2. The molecule has 0 N–H and O–H groups in total. The molecule has 0 aliphatic heterocycles. The van der Waals surface area contributed by atoms with Gasteiger partial charge in [0.2, 0.25) is 0 Å². The molecule has 7 heteroatoms. The number of unbranched alkanes of at least 4 members (excludes halogenated alkanes) is 1. The van der Waals surface area contributed by atoms with Crippen molar-refractivity contribution in [1.29, 1.82) is 0 Å². The van der Waals surface area contributed by atoms with Gasteiger partial charge in [-0.15, -0.1) is 0 Å². The summed E-state index contributed by atoms with van der Waals surface area (Å²) in [5.74, 6) is 0.411. The van der Waals surface area contributed by atoms with Crippen LogP contribution in [0.3, 0.4) is 0 Å². The molecule has 0 saturated heterocycles. The van der Waals surface area contributed by atoms with Gasteiger partial charge in [-0.05, 0) is 61.0 Å². The van der Waals surface area contributed by atoms with E-state index in [2.05, 4.69) is 6.92 Å². The topological polar surface area (TPSA) is 66.9 Å². The number of anilines is 2. The van der Waals surface area contributed by atoms with Crippen LogP contribution in [0, 0.1) is 0 Å². The Kier molecular flexibility index (Phi) is 7.53. The fraction of sp³-hybridized carbons (Fsp3) is 0.240. The summed E-state index contributed by atoms with van der Waals surface area (Å²) in [6.07, 6.45) is 1.79. The Morgan fingerprint density at radius 3 is 2.22 bits per heavy atom. The molecule has 3 rings (SSSR count). The summed E-state index contributed by atoms with van der Waals surface area (Å²) in [4.78, 5) is 15.1. The van der Waals surface area contributed by atoms with E-state index >= 15 is 0 Å². The molecule has 0 heterocycles. The Labute approximate surface area is 190 Å². The molecular weight excluding hydrogens is 424 g/mol. The highest BCUT2D eigenvalue weighted by molar-refractivity contribution is 7.92. The van der Waals surface area contributed by atoms with Crippen molar-refractivity contribution in [3.05, 3.63) is 84.4 Å². The predicted octanol–water partition coefficient (Wildman–Crippen LogP) is 4.97. The van der Waals surface area contributed by atoms with E-state index in [4.69, 9.17) is 4.74 Å². The van der Waals surface area contributed by atoms with Crippen LogP contribution in [0.5, 0.6) is 5.75 Å². The van der Waals surface area contributed by atoms with E-state index in [9.17, 15) is 13.2 Å². The number of methoxy groups -OCH3 is 1. The van der Waals surface area contributed by atoms with E-state index in [1.54, 1.807) is 48.4 Å². The molecule has 32 heavy (non-hydrogen) atoms. The third kappa shape index (κ3) is 5.11. The average molecular weight is 453 g/mol. The van der Waals surface area contributed by atoms with Gasteiger partial charge < -0.3 is 9.64 Å². The minimum atomic E-state index is -3.85. The van der Waals surface area contributed by atoms with Crippen molar-refractivity contribution in [2.24, 2.45) is 0 Å². The van der Waals surface area contributed by atoms with Crippen molar-refractivity contribution in [3.8, 4) is 5.75 Å². The zero-order valence-electron chi connectivity index (χ0n) is 18.6. The molecule has 0 saturated carbocycles. The number of carbonyl (C=O) groups excluding carboxylic acids is 1. The molecule has 0 bridgehead atoms. The summed E-state index contributed by atoms with van der Waals surface area (Å²) in [5.41, 5.74) is 1.61. The lowest BCUT2D eigenvalue weighted by Crippen LogP contribution is -2.32. The summed E-state index contributed by atoms with van der Waals surface area (Å²) < 4.78 is 32.8. The zero-order chi connectivity index (χ0) is 23.1. The van der Waals surface area contributed by atoms with Crippen molar-refractivity contribution in [2.75, 3.05) is 29.9 Å². The van der Waals surface area contributed by atoms with Crippen LogP contribution in [-0.4, -0.2) is 35.0 Å². The maximum absolute atomic E-state index is 13.3. The lowest BCUT2D eigenvalue weighted by atomic mass is 10.1. The molecule has 0 aliphatic carbocycles. The minimum Gasteiger partial charge on any atom is -0.497 e. The first-order valence-electron chi connectivity index (χ1n) is 10.5. The number of rotatable bonds is 9. The van der Waals surface area contributed by atoms with Crippen LogP contribution >= 0.6 is 0 Å². The van der Waals surface area contributed by atoms with Crippen molar-refractivity contribution < 1.29 is 17.9 Å². The number of carbonyl (C=O) groups is 1. The Hall–Kier alpha value is -3.32. The van der Waals surface area contributed by atoms with E-state index in [-0.39, 0.29) is 10.8 Å². The maximum Gasteiger partial charge on any atom is 0.264 e. The first-order valence-corrected chi connectivity index (χ1v) is 11.9. The molecule has 0 aliphatic rings. The monoisotopic (exact) mass is 452 g/mol. The molecule has 1 amide bonds. The van der Waals surface area contributed by atoms with Gasteiger partial charge in [0.1, 0.15) is 5.75 Å². The number of hydrogen-bond acceptors (Lipinski definition) is 4. The summed E-state index contributed by atoms with van der Waals surface area (Å²) in [6, 6.07) is 22.4. The number of nitrogens with zero attached hydrogens (tertiary/aromatic N) is 2. The third-order valence-corrected chi connectivity index (χ3v) is 7.01. The molecule has 0 atom stereocenters. The lowest BCUT2D eigenvalue weighted by Gasteiger charge is -2.24. The Morgan fingerprint density at radius 2 is 1.59 bits per heavy atom. The number of ether oxygens (including phenoxy) is 1. The van der Waals surface area contributed by atoms with Gasteiger partial charge in [-0.2, -0.15) is 0 Å². The number of para-hydroxylation sites is 1. The molecule has 6 nitrogen and oxygen atoms in total. The molecule has 0 spiro atoms. The van der Waals surface area contributed by atoms with Gasteiger partial charge in [0.25, 0.3) is 15.9 Å². The van der Waals surface area contributed by atoms with E-state index in [1.165, 1.54) is 23.5 Å². The molecule has 0 unspecified atom stereocenters. The second kappa shape index (κ2) is 10.3. The van der Waals surface area contributed by atoms with Gasteiger partial charge in [0.15, 0.2) is 0 Å². The van der Waals surface area contributed by atoms with Crippen LogP contribution in [0.25, 0.3) is 0 Å². The maximum atomic E-state index is 13.3. The molecule has 0 fully saturated rings. The van der Waals surface area contributed by atoms with Gasteiger partial charge in [-0.25, -0.2) is 8.42 Å². The Morgan fingerprint density at radius 1 is 0.906 bits per heavy atom. The van der Waals surface area contributed by atoms with Crippen LogP contribution in [-0.2, 0) is 10.0 Å². The van der Waals surface area contributed by atoms with E-state index in [1.807, 2.05) is 30.3 Å².